The Labute approximate surface area is 144 Å². The van der Waals surface area contributed by atoms with Gasteiger partial charge in [0.05, 0.1) is 11.0 Å². The van der Waals surface area contributed by atoms with E-state index >= 15 is 0 Å². The van der Waals surface area contributed by atoms with Crippen LogP contribution in [0.4, 0.5) is 0 Å². The first kappa shape index (κ1) is 16.0. The molecule has 0 saturated heterocycles. The fraction of sp³-hybridized carbons (Fsp3) is 0.500. The largest absolute Gasteiger partial charge is 0.338 e. The van der Waals surface area contributed by atoms with E-state index in [2.05, 4.69) is 44.3 Å². The standard InChI is InChI=1S/C16H18BrN3O.ClH/c17-12-5-3-4-11(10-12)15(8-9-15)14-19-13(20-21-14)16(18)6-1-2-7-16;/h3-5,10H,1-2,6-9,18H2;1H. The van der Waals surface area contributed by atoms with Gasteiger partial charge in [0.1, 0.15) is 0 Å². The van der Waals surface area contributed by atoms with Gasteiger partial charge < -0.3 is 10.3 Å². The molecule has 118 valence electrons. The SMILES string of the molecule is Cl.NC1(c2noc(C3(c4cccc(Br)c4)CC3)n2)CCCC1. The van der Waals surface area contributed by atoms with Crippen LogP contribution in [-0.4, -0.2) is 10.1 Å². The number of benzene rings is 1. The normalized spacial score (nSPS) is 21.4. The molecule has 0 aliphatic heterocycles. The number of nitrogens with two attached hydrogens (primary N) is 1. The van der Waals surface area contributed by atoms with Gasteiger partial charge >= 0.3 is 0 Å². The lowest BCUT2D eigenvalue weighted by atomic mass is 9.95. The summed E-state index contributed by atoms with van der Waals surface area (Å²) in [4.78, 5) is 4.69. The number of nitrogens with zero attached hydrogens (tertiary/aromatic N) is 2. The van der Waals surface area contributed by atoms with Crippen LogP contribution in [0.1, 0.15) is 55.8 Å². The van der Waals surface area contributed by atoms with Crippen LogP contribution >= 0.6 is 28.3 Å². The van der Waals surface area contributed by atoms with E-state index < -0.39 is 0 Å². The van der Waals surface area contributed by atoms with Gasteiger partial charge in [-0.15, -0.1) is 12.4 Å². The monoisotopic (exact) mass is 383 g/mol. The van der Waals surface area contributed by atoms with Gasteiger partial charge in [-0.05, 0) is 43.4 Å². The quantitative estimate of drug-likeness (QED) is 0.866. The van der Waals surface area contributed by atoms with Crippen molar-refractivity contribution in [2.75, 3.05) is 0 Å². The molecule has 0 unspecified atom stereocenters. The van der Waals surface area contributed by atoms with Gasteiger partial charge in [0.25, 0.3) is 0 Å². The average molecular weight is 385 g/mol. The highest BCUT2D eigenvalue weighted by atomic mass is 79.9. The van der Waals surface area contributed by atoms with Gasteiger partial charge in [0.15, 0.2) is 5.82 Å². The van der Waals surface area contributed by atoms with E-state index in [9.17, 15) is 0 Å². The molecule has 4 nitrogen and oxygen atoms in total. The molecule has 0 atom stereocenters. The van der Waals surface area contributed by atoms with E-state index in [1.807, 2.05) is 6.07 Å². The summed E-state index contributed by atoms with van der Waals surface area (Å²) in [5.74, 6) is 1.42. The van der Waals surface area contributed by atoms with Gasteiger partial charge in [0.2, 0.25) is 5.89 Å². The lowest BCUT2D eigenvalue weighted by Crippen LogP contribution is -2.34. The van der Waals surface area contributed by atoms with E-state index in [1.54, 1.807) is 0 Å². The molecular formula is C16H19BrClN3O. The van der Waals surface area contributed by atoms with Crippen molar-refractivity contribution < 1.29 is 4.52 Å². The number of aromatic nitrogens is 2. The smallest absolute Gasteiger partial charge is 0.237 e. The Morgan fingerprint density at radius 3 is 2.50 bits per heavy atom. The number of rotatable bonds is 3. The zero-order valence-corrected chi connectivity index (χ0v) is 14.6. The second-order valence-electron chi connectivity index (χ2n) is 6.38. The lowest BCUT2D eigenvalue weighted by Gasteiger charge is -2.18. The fourth-order valence-electron chi connectivity index (χ4n) is 3.39. The molecule has 2 saturated carbocycles. The Morgan fingerprint density at radius 1 is 1.14 bits per heavy atom. The molecule has 0 spiro atoms. The summed E-state index contributed by atoms with van der Waals surface area (Å²) in [5.41, 5.74) is 7.19. The summed E-state index contributed by atoms with van der Waals surface area (Å²) >= 11 is 3.54. The molecule has 1 heterocycles. The summed E-state index contributed by atoms with van der Waals surface area (Å²) in [7, 11) is 0. The van der Waals surface area contributed by atoms with Gasteiger partial charge in [-0.1, -0.05) is 46.1 Å². The van der Waals surface area contributed by atoms with E-state index in [1.165, 1.54) is 5.56 Å². The van der Waals surface area contributed by atoms with Crippen molar-refractivity contribution in [3.8, 4) is 0 Å². The van der Waals surface area contributed by atoms with Crippen LogP contribution in [0, 0.1) is 0 Å². The number of halogens is 2. The molecule has 1 aromatic carbocycles. The predicted molar refractivity (Wildman–Crippen MR) is 90.0 cm³/mol. The summed E-state index contributed by atoms with van der Waals surface area (Å²) in [6.45, 7) is 0. The molecule has 0 amide bonds. The second kappa shape index (κ2) is 5.62. The Bertz CT molecular complexity index is 678. The van der Waals surface area contributed by atoms with E-state index in [0.717, 1.165) is 48.9 Å². The highest BCUT2D eigenvalue weighted by Crippen LogP contribution is 2.53. The van der Waals surface area contributed by atoms with Crippen LogP contribution in [-0.2, 0) is 11.0 Å². The predicted octanol–water partition coefficient (Wildman–Crippen LogP) is 4.06. The summed E-state index contributed by atoms with van der Waals surface area (Å²) in [6, 6.07) is 8.37. The van der Waals surface area contributed by atoms with Crippen molar-refractivity contribution in [1.82, 2.24) is 10.1 Å². The highest BCUT2D eigenvalue weighted by molar-refractivity contribution is 9.10. The summed E-state index contributed by atoms with van der Waals surface area (Å²) < 4.78 is 6.69. The zero-order valence-electron chi connectivity index (χ0n) is 12.2. The molecule has 0 radical (unpaired) electrons. The van der Waals surface area contributed by atoms with Crippen molar-refractivity contribution in [2.45, 2.75) is 49.5 Å². The van der Waals surface area contributed by atoms with Crippen LogP contribution in [0.3, 0.4) is 0 Å². The average Bonchev–Trinajstić information content (AvgIpc) is 2.92. The topological polar surface area (TPSA) is 64.9 Å². The number of hydrogen-bond acceptors (Lipinski definition) is 4. The zero-order chi connectivity index (χ0) is 14.5. The van der Waals surface area contributed by atoms with Crippen LogP contribution in [0.15, 0.2) is 33.3 Å². The molecule has 2 fully saturated rings. The van der Waals surface area contributed by atoms with Crippen molar-refractivity contribution in [1.29, 1.82) is 0 Å². The third kappa shape index (κ3) is 2.49. The summed E-state index contributed by atoms with van der Waals surface area (Å²) in [5, 5.41) is 4.20. The first-order valence-electron chi connectivity index (χ1n) is 7.52. The fourth-order valence-corrected chi connectivity index (χ4v) is 3.79. The van der Waals surface area contributed by atoms with Crippen LogP contribution in [0.2, 0.25) is 0 Å². The molecule has 2 N–H and O–H groups in total. The van der Waals surface area contributed by atoms with Crippen molar-refractivity contribution in [3.63, 3.8) is 0 Å². The molecule has 1 aromatic heterocycles. The molecule has 22 heavy (non-hydrogen) atoms. The Balaban J connectivity index is 0.00000144. The maximum atomic E-state index is 6.43. The first-order chi connectivity index (χ1) is 10.1. The molecule has 4 rings (SSSR count). The highest BCUT2D eigenvalue weighted by Gasteiger charge is 2.51. The minimum atomic E-state index is -0.380. The van der Waals surface area contributed by atoms with E-state index in [4.69, 9.17) is 10.3 Å². The van der Waals surface area contributed by atoms with Crippen LogP contribution < -0.4 is 5.73 Å². The third-order valence-electron chi connectivity index (χ3n) is 4.90. The Morgan fingerprint density at radius 2 is 1.86 bits per heavy atom. The van der Waals surface area contributed by atoms with Crippen molar-refractivity contribution in [3.05, 3.63) is 46.0 Å². The van der Waals surface area contributed by atoms with Crippen molar-refractivity contribution >= 4 is 28.3 Å². The first-order valence-corrected chi connectivity index (χ1v) is 8.31. The molecule has 2 aromatic rings. The minimum Gasteiger partial charge on any atom is -0.338 e. The Kier molecular flexibility index (Phi) is 4.08. The van der Waals surface area contributed by atoms with Gasteiger partial charge in [-0.3, -0.25) is 0 Å². The maximum Gasteiger partial charge on any atom is 0.237 e. The molecule has 0 bridgehead atoms. The second-order valence-corrected chi connectivity index (χ2v) is 7.29. The maximum absolute atomic E-state index is 6.43. The molecular weight excluding hydrogens is 366 g/mol. The summed E-state index contributed by atoms with van der Waals surface area (Å²) in [6.07, 6.45) is 6.32. The lowest BCUT2D eigenvalue weighted by molar-refractivity contribution is 0.337. The van der Waals surface area contributed by atoms with E-state index in [0.29, 0.717) is 5.82 Å². The number of hydrogen-bond donors (Lipinski definition) is 1. The van der Waals surface area contributed by atoms with Gasteiger partial charge in [-0.2, -0.15) is 4.98 Å². The third-order valence-corrected chi connectivity index (χ3v) is 5.40. The molecule has 6 heteroatoms. The van der Waals surface area contributed by atoms with Gasteiger partial charge in [0, 0.05) is 4.47 Å². The van der Waals surface area contributed by atoms with Gasteiger partial charge in [-0.25, -0.2) is 0 Å². The Hall–Kier alpha value is -0.910. The van der Waals surface area contributed by atoms with Crippen LogP contribution in [0.25, 0.3) is 0 Å². The minimum absolute atomic E-state index is 0. The molecule has 2 aliphatic rings. The van der Waals surface area contributed by atoms with Crippen molar-refractivity contribution in [2.24, 2.45) is 5.73 Å². The van der Waals surface area contributed by atoms with Crippen LogP contribution in [0.5, 0.6) is 0 Å². The van der Waals surface area contributed by atoms with E-state index in [-0.39, 0.29) is 23.4 Å². The molecule has 2 aliphatic carbocycles.